The van der Waals surface area contributed by atoms with E-state index in [1.807, 2.05) is 21.1 Å². The number of phosphoric acid groups is 1. The first-order valence-corrected chi connectivity index (χ1v) is 41.5. The van der Waals surface area contributed by atoms with Crippen LogP contribution in [0.15, 0.2) is 60.8 Å². The molecule has 0 fully saturated rings. The second-order valence-electron chi connectivity index (χ2n) is 28.4. The lowest BCUT2D eigenvalue weighted by Gasteiger charge is -2.28. The summed E-state index contributed by atoms with van der Waals surface area (Å²) in [5.74, 6) is -0.811. The van der Waals surface area contributed by atoms with Crippen molar-refractivity contribution in [3.63, 3.8) is 0 Å². The van der Waals surface area contributed by atoms with Crippen molar-refractivity contribution in [3.8, 4) is 0 Å². The summed E-state index contributed by atoms with van der Waals surface area (Å²) in [5, 5.41) is 0. The van der Waals surface area contributed by atoms with Gasteiger partial charge in [-0.1, -0.05) is 364 Å². The first kappa shape index (κ1) is 89.7. The maximum atomic E-state index is 12.9. The molecule has 0 saturated carbocycles. The predicted molar refractivity (Wildman–Crippen MR) is 397 cm³/mol. The van der Waals surface area contributed by atoms with E-state index in [-0.39, 0.29) is 32.0 Å². The standard InChI is InChI=1S/C82H154NO8P/c1-6-8-10-12-14-16-18-20-22-24-26-28-30-32-34-36-38-39-40-41-42-43-45-47-49-51-53-55-57-59-61-63-65-67-69-71-73-75-82(85)91-80(79-90-92(86,87)89-77-76-83(3,4)5)78-88-81(84)74-72-70-68-66-64-62-60-58-56-54-52-50-48-46-44-37-35-33-31-29-27-25-23-21-19-17-15-13-11-9-7-2/h18-21,24-27,30,32,80H,6-17,22-23,28-29,31,33-79H2,1-5H3/b20-18-,21-19-,26-24-,27-25-,32-30-. The number of esters is 2. The molecule has 0 aliphatic rings. The van der Waals surface area contributed by atoms with E-state index >= 15 is 0 Å². The van der Waals surface area contributed by atoms with E-state index in [1.165, 1.54) is 315 Å². The van der Waals surface area contributed by atoms with Crippen molar-refractivity contribution in [3.05, 3.63) is 60.8 Å². The van der Waals surface area contributed by atoms with E-state index < -0.39 is 26.5 Å². The van der Waals surface area contributed by atoms with Gasteiger partial charge in [-0.2, -0.15) is 0 Å². The molecule has 0 heterocycles. The first-order valence-electron chi connectivity index (χ1n) is 40.0. The highest BCUT2D eigenvalue weighted by molar-refractivity contribution is 7.45. The van der Waals surface area contributed by atoms with Crippen LogP contribution < -0.4 is 4.89 Å². The summed E-state index contributed by atoms with van der Waals surface area (Å²) in [6, 6.07) is 0. The summed E-state index contributed by atoms with van der Waals surface area (Å²) < 4.78 is 34.4. The molecule has 0 aliphatic carbocycles. The molecule has 92 heavy (non-hydrogen) atoms. The summed E-state index contributed by atoms with van der Waals surface area (Å²) in [6.45, 7) is 4.29. The zero-order valence-electron chi connectivity index (χ0n) is 61.8. The summed E-state index contributed by atoms with van der Waals surface area (Å²) in [6.07, 6.45) is 97.7. The minimum atomic E-state index is -4.64. The van der Waals surface area contributed by atoms with Crippen LogP contribution in [-0.2, 0) is 32.7 Å². The van der Waals surface area contributed by atoms with E-state index in [0.29, 0.717) is 17.4 Å². The molecule has 0 aromatic carbocycles. The van der Waals surface area contributed by atoms with Crippen molar-refractivity contribution in [1.29, 1.82) is 0 Å². The molecule has 0 amide bonds. The molecule has 0 N–H and O–H groups in total. The van der Waals surface area contributed by atoms with E-state index in [9.17, 15) is 19.0 Å². The fourth-order valence-electron chi connectivity index (χ4n) is 11.9. The molecule has 0 aromatic rings. The Kier molecular flexibility index (Phi) is 71.2. The summed E-state index contributed by atoms with van der Waals surface area (Å²) >= 11 is 0. The van der Waals surface area contributed by atoms with Crippen molar-refractivity contribution in [2.75, 3.05) is 47.5 Å². The number of carbonyl (C=O) groups is 2. The van der Waals surface area contributed by atoms with Crippen LogP contribution in [0.4, 0.5) is 0 Å². The number of nitrogens with zero attached hydrogens (tertiary/aromatic N) is 1. The molecule has 0 rings (SSSR count). The Morgan fingerprint density at radius 3 is 0.870 bits per heavy atom. The molecule has 0 bridgehead atoms. The van der Waals surface area contributed by atoms with Gasteiger partial charge in [0.25, 0.3) is 7.82 Å². The molecule has 9 nitrogen and oxygen atoms in total. The van der Waals surface area contributed by atoms with Gasteiger partial charge in [-0.25, -0.2) is 0 Å². The molecule has 2 unspecified atom stereocenters. The van der Waals surface area contributed by atoms with E-state index in [2.05, 4.69) is 74.6 Å². The van der Waals surface area contributed by atoms with Crippen molar-refractivity contribution in [1.82, 2.24) is 0 Å². The summed E-state index contributed by atoms with van der Waals surface area (Å²) in [4.78, 5) is 38.2. The van der Waals surface area contributed by atoms with Crippen LogP contribution in [-0.4, -0.2) is 70.0 Å². The lowest BCUT2D eigenvalue weighted by molar-refractivity contribution is -0.870. The van der Waals surface area contributed by atoms with Crippen molar-refractivity contribution < 1.29 is 42.1 Å². The Balaban J connectivity index is 3.92. The molecule has 2 atom stereocenters. The third-order valence-corrected chi connectivity index (χ3v) is 19.0. The average Bonchev–Trinajstić information content (AvgIpc) is 2.34. The fourth-order valence-corrected chi connectivity index (χ4v) is 12.6. The second-order valence-corrected chi connectivity index (χ2v) is 29.8. The normalized spacial score (nSPS) is 13.3. The Hall–Kier alpha value is -2.29. The molecule has 0 aliphatic heterocycles. The van der Waals surface area contributed by atoms with Crippen LogP contribution in [0.2, 0.25) is 0 Å². The number of phosphoric ester groups is 1. The van der Waals surface area contributed by atoms with Gasteiger partial charge in [-0.05, 0) is 83.5 Å². The lowest BCUT2D eigenvalue weighted by Crippen LogP contribution is -2.37. The monoisotopic (exact) mass is 1310 g/mol. The second kappa shape index (κ2) is 73.0. The number of quaternary nitrogens is 1. The highest BCUT2D eigenvalue weighted by Crippen LogP contribution is 2.38. The number of hydrogen-bond acceptors (Lipinski definition) is 8. The highest BCUT2D eigenvalue weighted by Gasteiger charge is 2.22. The fraction of sp³-hybridized carbons (Fsp3) is 0.854. The number of likely N-dealkylation sites (N-methyl/N-ethyl adjacent to an activating group) is 1. The largest absolute Gasteiger partial charge is 0.756 e. The lowest BCUT2D eigenvalue weighted by atomic mass is 10.0. The van der Waals surface area contributed by atoms with Gasteiger partial charge >= 0.3 is 11.9 Å². The van der Waals surface area contributed by atoms with Gasteiger partial charge in [0.15, 0.2) is 6.10 Å². The van der Waals surface area contributed by atoms with Gasteiger partial charge in [-0.3, -0.25) is 14.2 Å². The maximum Gasteiger partial charge on any atom is 0.306 e. The van der Waals surface area contributed by atoms with Crippen LogP contribution in [0.25, 0.3) is 0 Å². The number of unbranched alkanes of at least 4 members (excludes halogenated alkanes) is 51. The van der Waals surface area contributed by atoms with Gasteiger partial charge in [-0.15, -0.1) is 0 Å². The maximum absolute atomic E-state index is 12.9. The molecular formula is C82H154NO8P. The van der Waals surface area contributed by atoms with Crippen LogP contribution >= 0.6 is 7.82 Å². The Morgan fingerprint density at radius 1 is 0.337 bits per heavy atom. The molecule has 0 saturated heterocycles. The van der Waals surface area contributed by atoms with Crippen molar-refractivity contribution in [2.45, 2.75) is 405 Å². The Morgan fingerprint density at radius 2 is 0.587 bits per heavy atom. The quantitative estimate of drug-likeness (QED) is 0.0195. The van der Waals surface area contributed by atoms with Gasteiger partial charge in [0.1, 0.15) is 19.8 Å². The minimum Gasteiger partial charge on any atom is -0.756 e. The summed E-state index contributed by atoms with van der Waals surface area (Å²) in [7, 11) is 1.19. The third kappa shape index (κ3) is 76.7. The van der Waals surface area contributed by atoms with Crippen molar-refractivity contribution in [2.24, 2.45) is 0 Å². The van der Waals surface area contributed by atoms with Gasteiger partial charge in [0.2, 0.25) is 0 Å². The zero-order chi connectivity index (χ0) is 66.9. The SMILES string of the molecule is CCCCCCC/C=C\C/C=C\C/C=C\CCCCCCCCCCCCCCCCCCCCCCCCC(=O)OC(COC(=O)CCCCCCCCCCCCCCCCCCCCC/C=C\C/C=C\CCCCCCC)COP(=O)([O-])OCC[N+](C)(C)C. The van der Waals surface area contributed by atoms with Gasteiger partial charge in [0.05, 0.1) is 27.7 Å². The average molecular weight is 1310 g/mol. The first-order chi connectivity index (χ1) is 45.0. The van der Waals surface area contributed by atoms with E-state index in [4.69, 9.17) is 18.5 Å². The molecule has 0 aromatic heterocycles. The van der Waals surface area contributed by atoms with Crippen molar-refractivity contribution >= 4 is 19.8 Å². The number of ether oxygens (including phenoxy) is 2. The molecule has 0 radical (unpaired) electrons. The van der Waals surface area contributed by atoms with Crippen LogP contribution in [0, 0.1) is 0 Å². The van der Waals surface area contributed by atoms with Crippen LogP contribution in [0.5, 0.6) is 0 Å². The Bertz CT molecular complexity index is 1740. The number of allylic oxidation sites excluding steroid dienone is 10. The molecular weight excluding hydrogens is 1160 g/mol. The minimum absolute atomic E-state index is 0.0287. The molecule has 0 spiro atoms. The summed E-state index contributed by atoms with van der Waals surface area (Å²) in [5.41, 5.74) is 0. The smallest absolute Gasteiger partial charge is 0.306 e. The number of carbonyl (C=O) groups excluding carboxylic acids is 2. The van der Waals surface area contributed by atoms with Crippen LogP contribution in [0.1, 0.15) is 399 Å². The van der Waals surface area contributed by atoms with E-state index in [1.54, 1.807) is 0 Å². The van der Waals surface area contributed by atoms with Crippen LogP contribution in [0.3, 0.4) is 0 Å². The zero-order valence-corrected chi connectivity index (χ0v) is 62.7. The number of rotatable bonds is 75. The predicted octanol–water partition coefficient (Wildman–Crippen LogP) is 25.9. The molecule has 540 valence electrons. The Labute approximate surface area is 572 Å². The molecule has 10 heteroatoms. The topological polar surface area (TPSA) is 111 Å². The highest BCUT2D eigenvalue weighted by atomic mass is 31.2. The van der Waals surface area contributed by atoms with E-state index in [0.717, 1.165) is 51.4 Å². The third-order valence-electron chi connectivity index (χ3n) is 18.0. The van der Waals surface area contributed by atoms with Gasteiger partial charge in [0, 0.05) is 12.8 Å². The number of hydrogen-bond donors (Lipinski definition) is 0. The van der Waals surface area contributed by atoms with Gasteiger partial charge < -0.3 is 27.9 Å².